The standard InChI is InChI=1S/C26H42O5/c1-4-11-29-17-25(28)18-31-26(15-27)19-30-16-24-14-21(6-3)13-23(24)10-9-22-8-7-20(5-2)12-22/h4-6,9-10,20-28H,1-3,7-8,11-19H2/b10-9-. The molecule has 176 valence electrons. The Labute approximate surface area is 188 Å². The normalized spacial score (nSPS) is 30.5. The van der Waals surface area contributed by atoms with Gasteiger partial charge in [0.15, 0.2) is 0 Å². The van der Waals surface area contributed by atoms with Gasteiger partial charge in [0, 0.05) is 0 Å². The summed E-state index contributed by atoms with van der Waals surface area (Å²) in [4.78, 5) is 0. The number of rotatable bonds is 16. The second kappa shape index (κ2) is 14.8. The lowest BCUT2D eigenvalue weighted by Crippen LogP contribution is -2.31. The van der Waals surface area contributed by atoms with Gasteiger partial charge in [-0.15, -0.1) is 19.7 Å². The molecule has 0 aromatic heterocycles. The third-order valence-corrected chi connectivity index (χ3v) is 6.51. The third-order valence-electron chi connectivity index (χ3n) is 6.51. The first-order valence-corrected chi connectivity index (χ1v) is 11.7. The zero-order valence-electron chi connectivity index (χ0n) is 18.9. The highest BCUT2D eigenvalue weighted by Crippen LogP contribution is 2.39. The van der Waals surface area contributed by atoms with Crippen molar-refractivity contribution < 1.29 is 24.4 Å². The van der Waals surface area contributed by atoms with Crippen molar-refractivity contribution in [1.29, 1.82) is 0 Å². The maximum Gasteiger partial charge on any atom is 0.104 e. The fourth-order valence-corrected chi connectivity index (χ4v) is 4.65. The summed E-state index contributed by atoms with van der Waals surface area (Å²) in [6.45, 7) is 13.0. The summed E-state index contributed by atoms with van der Waals surface area (Å²) in [5.74, 6) is 2.82. The van der Waals surface area contributed by atoms with Crippen molar-refractivity contribution >= 4 is 0 Å². The van der Waals surface area contributed by atoms with Gasteiger partial charge < -0.3 is 24.4 Å². The summed E-state index contributed by atoms with van der Waals surface area (Å²) in [6.07, 6.45) is 15.4. The van der Waals surface area contributed by atoms with Crippen LogP contribution in [0.15, 0.2) is 50.1 Å². The first-order valence-electron chi connectivity index (χ1n) is 11.7. The van der Waals surface area contributed by atoms with E-state index < -0.39 is 12.2 Å². The average Bonchev–Trinajstić information content (AvgIpc) is 3.41. The Balaban J connectivity index is 1.73. The Morgan fingerprint density at radius 2 is 1.65 bits per heavy atom. The number of ether oxygens (including phenoxy) is 3. The highest BCUT2D eigenvalue weighted by Gasteiger charge is 2.32. The highest BCUT2D eigenvalue weighted by molar-refractivity contribution is 5.04. The molecule has 2 rings (SSSR count). The van der Waals surface area contributed by atoms with Crippen LogP contribution >= 0.6 is 0 Å². The molecule has 5 nitrogen and oxygen atoms in total. The second-order valence-electron chi connectivity index (χ2n) is 9.00. The molecule has 0 aliphatic heterocycles. The number of allylic oxidation sites excluding steroid dienone is 4. The molecule has 0 amide bonds. The van der Waals surface area contributed by atoms with Gasteiger partial charge in [0.2, 0.25) is 0 Å². The lowest BCUT2D eigenvalue weighted by atomic mass is 9.94. The molecule has 31 heavy (non-hydrogen) atoms. The van der Waals surface area contributed by atoms with Gasteiger partial charge in [0.25, 0.3) is 0 Å². The Morgan fingerprint density at radius 3 is 2.32 bits per heavy atom. The molecular formula is C26H42O5. The SMILES string of the molecule is C=CCOCC(O)COC(CO)COCC1CC(C=C)CC1/C=C\C1CCC(C=C)C1. The maximum atomic E-state index is 9.86. The van der Waals surface area contributed by atoms with Gasteiger partial charge in [0.1, 0.15) is 12.2 Å². The van der Waals surface area contributed by atoms with Crippen LogP contribution in [0.25, 0.3) is 0 Å². The molecule has 0 bridgehead atoms. The maximum absolute atomic E-state index is 9.86. The van der Waals surface area contributed by atoms with Crippen LogP contribution in [-0.4, -0.2) is 62.1 Å². The zero-order chi connectivity index (χ0) is 22.5. The molecular weight excluding hydrogens is 392 g/mol. The van der Waals surface area contributed by atoms with Crippen LogP contribution in [0.1, 0.15) is 32.1 Å². The Kier molecular flexibility index (Phi) is 12.4. The molecule has 2 N–H and O–H groups in total. The van der Waals surface area contributed by atoms with Crippen molar-refractivity contribution in [2.75, 3.05) is 39.6 Å². The molecule has 2 fully saturated rings. The lowest BCUT2D eigenvalue weighted by molar-refractivity contribution is -0.0847. The molecule has 0 radical (unpaired) electrons. The molecule has 0 saturated heterocycles. The van der Waals surface area contributed by atoms with Crippen LogP contribution in [0.4, 0.5) is 0 Å². The summed E-state index contributed by atoms with van der Waals surface area (Å²) in [7, 11) is 0. The van der Waals surface area contributed by atoms with E-state index >= 15 is 0 Å². The largest absolute Gasteiger partial charge is 0.394 e. The third kappa shape index (κ3) is 9.42. The Morgan fingerprint density at radius 1 is 0.871 bits per heavy atom. The minimum Gasteiger partial charge on any atom is -0.394 e. The summed E-state index contributed by atoms with van der Waals surface area (Å²) in [5.41, 5.74) is 0. The van der Waals surface area contributed by atoms with Gasteiger partial charge in [0.05, 0.1) is 39.6 Å². The number of hydrogen-bond donors (Lipinski definition) is 2. The van der Waals surface area contributed by atoms with Gasteiger partial charge in [-0.3, -0.25) is 0 Å². The number of hydrogen-bond acceptors (Lipinski definition) is 5. The topological polar surface area (TPSA) is 68.2 Å². The number of aliphatic hydroxyl groups excluding tert-OH is 2. The first-order chi connectivity index (χ1) is 15.1. The van der Waals surface area contributed by atoms with Crippen molar-refractivity contribution in [3.8, 4) is 0 Å². The van der Waals surface area contributed by atoms with Crippen LogP contribution in [0, 0.1) is 29.6 Å². The molecule has 0 heterocycles. The van der Waals surface area contributed by atoms with E-state index in [9.17, 15) is 10.2 Å². The molecule has 0 spiro atoms. The Hall–Kier alpha value is -1.24. The van der Waals surface area contributed by atoms with Gasteiger partial charge in [-0.25, -0.2) is 0 Å². The summed E-state index contributed by atoms with van der Waals surface area (Å²) >= 11 is 0. The summed E-state index contributed by atoms with van der Waals surface area (Å²) in [5, 5.41) is 19.4. The summed E-state index contributed by atoms with van der Waals surface area (Å²) in [6, 6.07) is 0. The zero-order valence-corrected chi connectivity index (χ0v) is 18.9. The summed E-state index contributed by atoms with van der Waals surface area (Å²) < 4.78 is 16.7. The monoisotopic (exact) mass is 434 g/mol. The predicted octanol–water partition coefficient (Wildman–Crippen LogP) is 3.93. The molecule has 7 unspecified atom stereocenters. The van der Waals surface area contributed by atoms with E-state index in [1.165, 1.54) is 19.3 Å². The van der Waals surface area contributed by atoms with Crippen molar-refractivity contribution in [3.63, 3.8) is 0 Å². The van der Waals surface area contributed by atoms with Crippen LogP contribution in [0.3, 0.4) is 0 Å². The van der Waals surface area contributed by atoms with Crippen molar-refractivity contribution in [1.82, 2.24) is 0 Å². The van der Waals surface area contributed by atoms with E-state index in [1.807, 2.05) is 0 Å². The van der Waals surface area contributed by atoms with Crippen LogP contribution in [-0.2, 0) is 14.2 Å². The van der Waals surface area contributed by atoms with E-state index in [0.717, 1.165) is 12.8 Å². The Bertz CT molecular complexity index is 560. The van der Waals surface area contributed by atoms with E-state index in [4.69, 9.17) is 14.2 Å². The molecule has 7 atom stereocenters. The van der Waals surface area contributed by atoms with E-state index in [-0.39, 0.29) is 19.8 Å². The quantitative estimate of drug-likeness (QED) is 0.285. The van der Waals surface area contributed by atoms with Crippen LogP contribution in [0.2, 0.25) is 0 Å². The highest BCUT2D eigenvalue weighted by atomic mass is 16.5. The first kappa shape index (κ1) is 26.0. The average molecular weight is 435 g/mol. The van der Waals surface area contributed by atoms with E-state index in [0.29, 0.717) is 49.4 Å². The van der Waals surface area contributed by atoms with Crippen LogP contribution < -0.4 is 0 Å². The van der Waals surface area contributed by atoms with Crippen molar-refractivity contribution in [2.24, 2.45) is 29.6 Å². The van der Waals surface area contributed by atoms with Crippen LogP contribution in [0.5, 0.6) is 0 Å². The van der Waals surface area contributed by atoms with Gasteiger partial charge in [-0.05, 0) is 61.7 Å². The molecule has 0 aromatic rings. The smallest absolute Gasteiger partial charge is 0.104 e. The van der Waals surface area contributed by atoms with E-state index in [1.54, 1.807) is 6.08 Å². The van der Waals surface area contributed by atoms with Crippen molar-refractivity contribution in [2.45, 2.75) is 44.3 Å². The predicted molar refractivity (Wildman–Crippen MR) is 125 cm³/mol. The fraction of sp³-hybridized carbons (Fsp3) is 0.692. The van der Waals surface area contributed by atoms with Gasteiger partial charge in [-0.2, -0.15) is 0 Å². The fourth-order valence-electron chi connectivity index (χ4n) is 4.65. The van der Waals surface area contributed by atoms with E-state index in [2.05, 4.69) is 44.0 Å². The molecule has 2 saturated carbocycles. The second-order valence-corrected chi connectivity index (χ2v) is 9.00. The molecule has 0 aromatic carbocycles. The number of aliphatic hydroxyl groups is 2. The lowest BCUT2D eigenvalue weighted by Gasteiger charge is -2.21. The minimum absolute atomic E-state index is 0.103. The molecule has 2 aliphatic rings. The van der Waals surface area contributed by atoms with Gasteiger partial charge >= 0.3 is 0 Å². The molecule has 5 heteroatoms. The van der Waals surface area contributed by atoms with Gasteiger partial charge in [-0.1, -0.05) is 30.4 Å². The van der Waals surface area contributed by atoms with Crippen molar-refractivity contribution in [3.05, 3.63) is 50.1 Å². The molecule has 2 aliphatic carbocycles. The minimum atomic E-state index is -0.733.